The number of aliphatic hydroxyl groups is 3. The molecular formula is C38H52N2O12. The van der Waals surface area contributed by atoms with Crippen molar-refractivity contribution in [1.82, 2.24) is 10.6 Å². The average molecular weight is 729 g/mol. The Morgan fingerprint density at radius 1 is 1.02 bits per heavy atom. The number of hydrogen-bond donors (Lipinski definition) is 5. The van der Waals surface area contributed by atoms with E-state index in [1.165, 1.54) is 13.2 Å². The molecule has 14 nitrogen and oxygen atoms in total. The number of benzene rings is 1. The van der Waals surface area contributed by atoms with Crippen LogP contribution in [0.25, 0.3) is 6.08 Å². The van der Waals surface area contributed by atoms with Crippen molar-refractivity contribution >= 4 is 29.8 Å². The summed E-state index contributed by atoms with van der Waals surface area (Å²) in [6, 6.07) is 4.44. The Morgan fingerprint density at radius 3 is 2.27 bits per heavy atom. The number of carbonyl (C=O) groups is 4. The van der Waals surface area contributed by atoms with E-state index in [0.29, 0.717) is 0 Å². The van der Waals surface area contributed by atoms with Gasteiger partial charge in [0.05, 0.1) is 37.2 Å². The van der Waals surface area contributed by atoms with Crippen molar-refractivity contribution < 1.29 is 58.2 Å². The van der Waals surface area contributed by atoms with Crippen molar-refractivity contribution in [3.8, 4) is 0 Å². The molecule has 2 saturated carbocycles. The molecule has 3 fully saturated rings. The lowest BCUT2D eigenvalue weighted by Gasteiger charge is -2.31. The maximum atomic E-state index is 13.8. The summed E-state index contributed by atoms with van der Waals surface area (Å²) in [6.45, 7) is 6.15. The van der Waals surface area contributed by atoms with Gasteiger partial charge in [-0.2, -0.15) is 0 Å². The third-order valence-electron chi connectivity index (χ3n) is 9.41. The van der Waals surface area contributed by atoms with E-state index in [4.69, 9.17) is 28.8 Å². The van der Waals surface area contributed by atoms with Crippen LogP contribution in [0.15, 0.2) is 42.2 Å². The molecule has 4 aliphatic rings. The third-order valence-corrected chi connectivity index (χ3v) is 9.41. The molecule has 2 amide bonds. The normalized spacial score (nSPS) is 24.2. The van der Waals surface area contributed by atoms with Gasteiger partial charge in [0, 0.05) is 30.3 Å². The second-order valence-corrected chi connectivity index (χ2v) is 15.0. The van der Waals surface area contributed by atoms with Crippen molar-refractivity contribution in [2.24, 2.45) is 11.8 Å². The molecule has 0 aromatic heterocycles. The number of rotatable bonds is 17. The van der Waals surface area contributed by atoms with Crippen LogP contribution in [0.4, 0.5) is 0 Å². The Morgan fingerprint density at radius 2 is 1.69 bits per heavy atom. The zero-order valence-electron chi connectivity index (χ0n) is 30.2. The number of carbonyl (C=O) groups excluding carboxylic acids is 4. The molecule has 1 aliphatic heterocycles. The van der Waals surface area contributed by atoms with Crippen LogP contribution < -0.4 is 10.6 Å². The van der Waals surface area contributed by atoms with Gasteiger partial charge in [-0.05, 0) is 89.6 Å². The van der Waals surface area contributed by atoms with Gasteiger partial charge in [-0.3, -0.25) is 14.4 Å². The molecule has 0 spiro atoms. The van der Waals surface area contributed by atoms with E-state index >= 15 is 0 Å². The van der Waals surface area contributed by atoms with Crippen LogP contribution >= 0.6 is 0 Å². The monoisotopic (exact) mass is 728 g/mol. The van der Waals surface area contributed by atoms with Crippen LogP contribution in [0.1, 0.15) is 88.6 Å². The molecular weight excluding hydrogens is 676 g/mol. The molecule has 0 bridgehead atoms. The number of esters is 2. The van der Waals surface area contributed by atoms with E-state index in [1.54, 1.807) is 57.2 Å². The zero-order valence-corrected chi connectivity index (χ0v) is 30.2. The fraction of sp³-hybridized carbons (Fsp3) is 0.632. The van der Waals surface area contributed by atoms with Crippen molar-refractivity contribution in [3.63, 3.8) is 0 Å². The number of ether oxygens (including phenoxy) is 5. The van der Waals surface area contributed by atoms with E-state index in [-0.39, 0.29) is 55.4 Å². The second-order valence-electron chi connectivity index (χ2n) is 15.0. The summed E-state index contributed by atoms with van der Waals surface area (Å²) >= 11 is 0. The SMILES string of the molecule is CC(O)C(NC(=O)C1=CC2OC(C3CC3)(C3CC3)OC2C(OC(=O)c2ccc(C=COCCO)cc2)C1)C(=O)NC(CO)CCC(=O)OC(C)(C)C. The van der Waals surface area contributed by atoms with Crippen LogP contribution in [-0.2, 0) is 38.1 Å². The largest absolute Gasteiger partial charge is 0.499 e. The molecule has 1 heterocycles. The van der Waals surface area contributed by atoms with Crippen molar-refractivity contribution in [1.29, 1.82) is 0 Å². The fourth-order valence-corrected chi connectivity index (χ4v) is 6.58. The quantitative estimate of drug-likeness (QED) is 0.0893. The molecule has 1 aromatic rings. The van der Waals surface area contributed by atoms with Gasteiger partial charge < -0.3 is 49.6 Å². The third kappa shape index (κ3) is 10.2. The molecule has 5 rings (SSSR count). The summed E-state index contributed by atoms with van der Waals surface area (Å²) in [4.78, 5) is 52.7. The number of hydrogen-bond acceptors (Lipinski definition) is 12. The lowest BCUT2D eigenvalue weighted by Crippen LogP contribution is -2.55. The van der Waals surface area contributed by atoms with Crippen molar-refractivity contribution in [3.05, 3.63) is 53.3 Å². The van der Waals surface area contributed by atoms with Gasteiger partial charge in [-0.25, -0.2) is 4.79 Å². The maximum Gasteiger partial charge on any atom is 0.338 e. The first kappa shape index (κ1) is 39.4. The van der Waals surface area contributed by atoms with Crippen molar-refractivity contribution in [2.45, 2.75) is 121 Å². The Kier molecular flexibility index (Phi) is 12.8. The second kappa shape index (κ2) is 16.9. The summed E-state index contributed by atoms with van der Waals surface area (Å²) in [5.74, 6) is -2.88. The molecule has 0 radical (unpaired) electrons. The lowest BCUT2D eigenvalue weighted by molar-refractivity contribution is -0.209. The Labute approximate surface area is 303 Å². The first-order valence-corrected chi connectivity index (χ1v) is 18.1. The summed E-state index contributed by atoms with van der Waals surface area (Å²) in [5, 5.41) is 34.5. The number of amides is 2. The highest BCUT2D eigenvalue weighted by molar-refractivity contribution is 5.97. The Bertz CT molecular complexity index is 1480. The number of aliphatic hydroxyl groups excluding tert-OH is 3. The van der Waals surface area contributed by atoms with Crippen LogP contribution in [0, 0.1) is 11.8 Å². The minimum atomic E-state index is -1.40. The summed E-state index contributed by atoms with van der Waals surface area (Å²) in [5.41, 5.74) is 0.576. The topological polar surface area (TPSA) is 199 Å². The molecule has 52 heavy (non-hydrogen) atoms. The molecule has 286 valence electrons. The lowest BCUT2D eigenvalue weighted by atomic mass is 9.91. The van der Waals surface area contributed by atoms with Crippen molar-refractivity contribution in [2.75, 3.05) is 19.8 Å². The van der Waals surface area contributed by atoms with Gasteiger partial charge in [0.1, 0.15) is 36.6 Å². The highest BCUT2D eigenvalue weighted by Gasteiger charge is 2.64. The van der Waals surface area contributed by atoms with E-state index in [0.717, 1.165) is 31.2 Å². The van der Waals surface area contributed by atoms with E-state index < -0.39 is 78.2 Å². The zero-order chi connectivity index (χ0) is 37.6. The van der Waals surface area contributed by atoms with E-state index in [2.05, 4.69) is 10.6 Å². The molecule has 6 unspecified atom stereocenters. The van der Waals surface area contributed by atoms with Gasteiger partial charge >= 0.3 is 11.9 Å². The first-order valence-electron chi connectivity index (χ1n) is 18.1. The van der Waals surface area contributed by atoms with Gasteiger partial charge in [0.2, 0.25) is 11.8 Å². The minimum absolute atomic E-state index is 0.0279. The van der Waals surface area contributed by atoms with Crippen LogP contribution in [0.5, 0.6) is 0 Å². The molecule has 5 N–H and O–H groups in total. The van der Waals surface area contributed by atoms with E-state index in [1.807, 2.05) is 0 Å². The predicted octanol–water partition coefficient (Wildman–Crippen LogP) is 2.29. The average Bonchev–Trinajstić information content (AvgIpc) is 4.04. The Balaban J connectivity index is 1.28. The molecule has 1 saturated heterocycles. The highest BCUT2D eigenvalue weighted by Crippen LogP contribution is 2.59. The summed E-state index contributed by atoms with van der Waals surface area (Å²) in [7, 11) is 0. The van der Waals surface area contributed by atoms with Crippen LogP contribution in [0.3, 0.4) is 0 Å². The number of nitrogens with one attached hydrogen (secondary N) is 2. The number of fused-ring (bicyclic) bond motifs is 1. The molecule has 6 atom stereocenters. The van der Waals surface area contributed by atoms with Gasteiger partial charge in [-0.15, -0.1) is 0 Å². The standard InChI is InChI=1S/C38H52N2O12/c1-22(43)32(35(46)39-28(21-42)13-14-31(44)51-37(2,3)4)40-34(45)25-19-29(33-30(20-25)50-38(52-33,26-9-10-26)27-11-12-27)49-36(47)24-7-5-23(6-8-24)15-17-48-18-16-41/h5-8,15,17,20,22,26-30,32-33,41-43H,9-14,16,18-19,21H2,1-4H3,(H,39,46)(H,40,45). The maximum absolute atomic E-state index is 13.8. The van der Waals surface area contributed by atoms with Crippen LogP contribution in [0.2, 0.25) is 0 Å². The molecule has 3 aliphatic carbocycles. The molecule has 1 aromatic carbocycles. The molecule has 14 heteroatoms. The Hall–Kier alpha value is -3.82. The summed E-state index contributed by atoms with van der Waals surface area (Å²) < 4.78 is 29.8. The van der Waals surface area contributed by atoms with Gasteiger partial charge in [0.25, 0.3) is 0 Å². The fourth-order valence-electron chi connectivity index (χ4n) is 6.58. The smallest absolute Gasteiger partial charge is 0.338 e. The highest BCUT2D eigenvalue weighted by atomic mass is 16.8. The van der Waals surface area contributed by atoms with Gasteiger partial charge in [-0.1, -0.05) is 12.1 Å². The predicted molar refractivity (Wildman–Crippen MR) is 186 cm³/mol. The van der Waals surface area contributed by atoms with Crippen LogP contribution in [-0.4, -0.2) is 107 Å². The van der Waals surface area contributed by atoms with E-state index in [9.17, 15) is 29.4 Å². The van der Waals surface area contributed by atoms with Gasteiger partial charge in [0.15, 0.2) is 5.79 Å². The summed E-state index contributed by atoms with van der Waals surface area (Å²) in [6.07, 6.45) is 5.09. The first-order chi connectivity index (χ1) is 24.7. The minimum Gasteiger partial charge on any atom is -0.499 e.